The fraction of sp³-hybridized carbons (Fsp3) is 0.150. The van der Waals surface area contributed by atoms with E-state index in [4.69, 9.17) is 4.74 Å². The Hall–Kier alpha value is -2.99. The molecule has 6 heteroatoms. The molecule has 5 nitrogen and oxygen atoms in total. The highest BCUT2D eigenvalue weighted by Crippen LogP contribution is 2.21. The summed E-state index contributed by atoms with van der Waals surface area (Å²) in [5.74, 6) is 0.198. The Balaban J connectivity index is 1.56. The maximum atomic E-state index is 12.3. The second-order valence-corrected chi connectivity index (χ2v) is 6.92. The van der Waals surface area contributed by atoms with Crippen LogP contribution in [0.4, 0.5) is 5.13 Å². The van der Waals surface area contributed by atoms with Crippen LogP contribution in [0, 0.1) is 13.8 Å². The normalized spacial score (nSPS) is 10.4. The monoisotopic (exact) mass is 366 g/mol. The van der Waals surface area contributed by atoms with E-state index < -0.39 is 0 Å². The van der Waals surface area contributed by atoms with Gasteiger partial charge in [0.1, 0.15) is 5.75 Å². The van der Waals surface area contributed by atoms with E-state index in [0.29, 0.717) is 22.0 Å². The summed E-state index contributed by atoms with van der Waals surface area (Å²) in [5, 5.41) is 3.28. The number of rotatable bonds is 6. The molecule has 2 aromatic carbocycles. The van der Waals surface area contributed by atoms with Gasteiger partial charge in [-0.2, -0.15) is 0 Å². The Labute approximate surface area is 155 Å². The van der Waals surface area contributed by atoms with Crippen LogP contribution < -0.4 is 10.1 Å². The molecule has 3 aromatic rings. The van der Waals surface area contributed by atoms with Crippen LogP contribution in [0.25, 0.3) is 0 Å². The van der Waals surface area contributed by atoms with E-state index in [9.17, 15) is 9.59 Å². The van der Waals surface area contributed by atoms with Crippen LogP contribution in [0.5, 0.6) is 5.75 Å². The lowest BCUT2D eigenvalue weighted by molar-refractivity contribution is -0.118. The molecule has 0 atom stereocenters. The average molecular weight is 366 g/mol. The molecule has 0 aliphatic carbocycles. The topological polar surface area (TPSA) is 68.3 Å². The average Bonchev–Trinajstić information content (AvgIpc) is 2.97. The molecule has 0 unspecified atom stereocenters. The molecule has 0 spiro atoms. The van der Waals surface area contributed by atoms with E-state index >= 15 is 0 Å². The molecule has 0 aliphatic heterocycles. The zero-order chi connectivity index (χ0) is 18.5. The van der Waals surface area contributed by atoms with Gasteiger partial charge < -0.3 is 4.74 Å². The van der Waals surface area contributed by atoms with E-state index in [1.165, 1.54) is 11.3 Å². The number of hydrogen-bond donors (Lipinski definition) is 1. The molecule has 0 fully saturated rings. The molecule has 1 heterocycles. The first kappa shape index (κ1) is 17.8. The number of thiazole rings is 1. The maximum absolute atomic E-state index is 12.3. The smallest absolute Gasteiger partial charge is 0.264 e. The molecule has 1 amide bonds. The van der Waals surface area contributed by atoms with E-state index in [1.807, 2.05) is 32.0 Å². The predicted octanol–water partition coefficient (Wildman–Crippen LogP) is 4.01. The fourth-order valence-corrected chi connectivity index (χ4v) is 3.12. The van der Waals surface area contributed by atoms with Crippen LogP contribution in [-0.2, 0) is 4.79 Å². The minimum Gasteiger partial charge on any atom is -0.484 e. The van der Waals surface area contributed by atoms with E-state index in [0.717, 1.165) is 10.6 Å². The summed E-state index contributed by atoms with van der Waals surface area (Å²) in [5.41, 5.74) is 2.11. The van der Waals surface area contributed by atoms with Gasteiger partial charge in [-0.25, -0.2) is 4.98 Å². The number of ether oxygens (including phenoxy) is 1. The third-order valence-corrected chi connectivity index (χ3v) is 4.79. The quantitative estimate of drug-likeness (QED) is 0.669. The highest BCUT2D eigenvalue weighted by molar-refractivity contribution is 7.15. The van der Waals surface area contributed by atoms with Crippen molar-refractivity contribution in [1.82, 2.24) is 4.98 Å². The molecule has 0 radical (unpaired) electrons. The SMILES string of the molecule is Cc1nc(NC(=O)COc2ccc(C(=O)c3ccccc3)cc2)sc1C. The Morgan fingerprint density at radius 1 is 1.00 bits per heavy atom. The molecule has 26 heavy (non-hydrogen) atoms. The Morgan fingerprint density at radius 2 is 1.65 bits per heavy atom. The standard InChI is InChI=1S/C20H18N2O3S/c1-13-14(2)26-20(21-13)22-18(23)12-25-17-10-8-16(9-11-17)19(24)15-6-4-3-5-7-15/h3-11H,12H2,1-2H3,(H,21,22,23). The summed E-state index contributed by atoms with van der Waals surface area (Å²) >= 11 is 1.43. The minimum absolute atomic E-state index is 0.0515. The molecule has 132 valence electrons. The maximum Gasteiger partial charge on any atom is 0.264 e. The molecule has 1 N–H and O–H groups in total. The van der Waals surface area contributed by atoms with Crippen LogP contribution in [-0.4, -0.2) is 23.3 Å². The summed E-state index contributed by atoms with van der Waals surface area (Å²) in [7, 11) is 0. The van der Waals surface area contributed by atoms with Gasteiger partial charge in [-0.15, -0.1) is 11.3 Å². The van der Waals surface area contributed by atoms with Crippen molar-refractivity contribution < 1.29 is 14.3 Å². The van der Waals surface area contributed by atoms with Crippen LogP contribution in [0.15, 0.2) is 54.6 Å². The Bertz CT molecular complexity index is 898. The van der Waals surface area contributed by atoms with Crippen LogP contribution >= 0.6 is 11.3 Å². The number of nitrogens with one attached hydrogen (secondary N) is 1. The number of carbonyl (C=O) groups excluding carboxylic acids is 2. The highest BCUT2D eigenvalue weighted by Gasteiger charge is 2.10. The van der Waals surface area contributed by atoms with Gasteiger partial charge in [0, 0.05) is 16.0 Å². The lowest BCUT2D eigenvalue weighted by Gasteiger charge is -2.07. The second-order valence-electron chi connectivity index (χ2n) is 5.72. The third-order valence-electron chi connectivity index (χ3n) is 3.80. The first-order valence-electron chi connectivity index (χ1n) is 8.09. The summed E-state index contributed by atoms with van der Waals surface area (Å²) in [4.78, 5) is 29.6. The zero-order valence-corrected chi connectivity index (χ0v) is 15.3. The summed E-state index contributed by atoms with van der Waals surface area (Å²) in [6.45, 7) is 3.73. The first-order chi connectivity index (χ1) is 12.5. The predicted molar refractivity (Wildman–Crippen MR) is 102 cm³/mol. The van der Waals surface area contributed by atoms with Gasteiger partial charge in [-0.1, -0.05) is 30.3 Å². The molecular formula is C20H18N2O3S. The third kappa shape index (κ3) is 4.34. The lowest BCUT2D eigenvalue weighted by Crippen LogP contribution is -2.20. The largest absolute Gasteiger partial charge is 0.484 e. The number of aromatic nitrogens is 1. The van der Waals surface area contributed by atoms with Crippen molar-refractivity contribution in [3.8, 4) is 5.75 Å². The van der Waals surface area contributed by atoms with Crippen molar-refractivity contribution in [2.75, 3.05) is 11.9 Å². The van der Waals surface area contributed by atoms with Crippen molar-refractivity contribution in [2.24, 2.45) is 0 Å². The molecule has 1 aromatic heterocycles. The number of amides is 1. The number of carbonyl (C=O) groups is 2. The summed E-state index contributed by atoms with van der Waals surface area (Å²) < 4.78 is 5.47. The lowest BCUT2D eigenvalue weighted by atomic mass is 10.0. The van der Waals surface area contributed by atoms with Crippen LogP contribution in [0.2, 0.25) is 0 Å². The van der Waals surface area contributed by atoms with Gasteiger partial charge >= 0.3 is 0 Å². The first-order valence-corrected chi connectivity index (χ1v) is 8.91. The van der Waals surface area contributed by atoms with Crippen LogP contribution in [0.1, 0.15) is 26.5 Å². The molecule has 3 rings (SSSR count). The minimum atomic E-state index is -0.275. The number of ketones is 1. The van der Waals surface area contributed by atoms with Crippen LogP contribution in [0.3, 0.4) is 0 Å². The van der Waals surface area contributed by atoms with Gasteiger partial charge in [-0.05, 0) is 38.1 Å². The van der Waals surface area contributed by atoms with Gasteiger partial charge in [0.2, 0.25) is 0 Å². The van der Waals surface area contributed by atoms with Crippen molar-refractivity contribution in [3.05, 3.63) is 76.3 Å². The molecule has 0 aliphatic rings. The number of hydrogen-bond acceptors (Lipinski definition) is 5. The summed E-state index contributed by atoms with van der Waals surface area (Å²) in [6, 6.07) is 15.8. The van der Waals surface area contributed by atoms with E-state index in [2.05, 4.69) is 10.3 Å². The van der Waals surface area contributed by atoms with Crippen molar-refractivity contribution in [2.45, 2.75) is 13.8 Å². The van der Waals surface area contributed by atoms with E-state index in [-0.39, 0.29) is 18.3 Å². The Kier molecular flexibility index (Phi) is 5.43. The molecule has 0 bridgehead atoms. The second kappa shape index (κ2) is 7.93. The number of benzene rings is 2. The number of aryl methyl sites for hydroxylation is 2. The summed E-state index contributed by atoms with van der Waals surface area (Å²) in [6.07, 6.45) is 0. The van der Waals surface area contributed by atoms with Gasteiger partial charge in [0.05, 0.1) is 5.69 Å². The van der Waals surface area contributed by atoms with Crippen molar-refractivity contribution in [1.29, 1.82) is 0 Å². The van der Waals surface area contributed by atoms with Crippen molar-refractivity contribution in [3.63, 3.8) is 0 Å². The van der Waals surface area contributed by atoms with E-state index in [1.54, 1.807) is 36.4 Å². The van der Waals surface area contributed by atoms with Gasteiger partial charge in [0.15, 0.2) is 17.5 Å². The highest BCUT2D eigenvalue weighted by atomic mass is 32.1. The van der Waals surface area contributed by atoms with Crippen molar-refractivity contribution >= 4 is 28.2 Å². The number of anilines is 1. The molecule has 0 saturated heterocycles. The zero-order valence-electron chi connectivity index (χ0n) is 14.5. The number of nitrogens with zero attached hydrogens (tertiary/aromatic N) is 1. The molecular weight excluding hydrogens is 348 g/mol. The Morgan fingerprint density at radius 3 is 2.27 bits per heavy atom. The van der Waals surface area contributed by atoms with Gasteiger partial charge in [-0.3, -0.25) is 14.9 Å². The van der Waals surface area contributed by atoms with Gasteiger partial charge in [0.25, 0.3) is 5.91 Å². The molecule has 0 saturated carbocycles. The fourth-order valence-electron chi connectivity index (χ4n) is 2.29.